The quantitative estimate of drug-likeness (QED) is 0.766. The molecule has 27 heavy (non-hydrogen) atoms. The van der Waals surface area contributed by atoms with Crippen LogP contribution in [0.15, 0.2) is 24.3 Å². The molecule has 0 saturated carbocycles. The van der Waals surface area contributed by atoms with Crippen LogP contribution in [0.25, 0.3) is 6.08 Å². The summed E-state index contributed by atoms with van der Waals surface area (Å²) in [6.07, 6.45) is 1.58. The number of alkyl halides is 3. The van der Waals surface area contributed by atoms with Crippen LogP contribution in [0.2, 0.25) is 0 Å². The molecular weight excluding hydrogens is 359 g/mol. The number of hydrogen-bond donors (Lipinski definition) is 0. The predicted molar refractivity (Wildman–Crippen MR) is 92.6 cm³/mol. The first-order valence-electron chi connectivity index (χ1n) is 8.74. The Morgan fingerprint density at radius 1 is 1.22 bits per heavy atom. The van der Waals surface area contributed by atoms with Crippen LogP contribution in [-0.2, 0) is 17.5 Å². The topological polar surface area (TPSA) is 63.9 Å². The van der Waals surface area contributed by atoms with Crippen molar-refractivity contribution >= 4 is 12.0 Å². The molecule has 6 nitrogen and oxygen atoms in total. The van der Waals surface area contributed by atoms with Gasteiger partial charge in [0.05, 0.1) is 12.1 Å². The van der Waals surface area contributed by atoms with Crippen LogP contribution in [0.4, 0.5) is 13.2 Å². The Morgan fingerprint density at radius 2 is 1.96 bits per heavy atom. The molecule has 0 radical (unpaired) electrons. The first-order chi connectivity index (χ1) is 12.8. The normalized spacial score (nSPS) is 15.5. The van der Waals surface area contributed by atoms with E-state index in [2.05, 4.69) is 15.4 Å². The molecule has 2 heterocycles. The van der Waals surface area contributed by atoms with Gasteiger partial charge >= 0.3 is 6.18 Å². The molecule has 0 N–H and O–H groups in total. The fourth-order valence-corrected chi connectivity index (χ4v) is 3.01. The van der Waals surface area contributed by atoms with E-state index in [0.717, 1.165) is 31.4 Å². The number of nitrogens with zero attached hydrogens (tertiary/aromatic N) is 5. The van der Waals surface area contributed by atoms with Crippen LogP contribution in [0, 0.1) is 6.92 Å². The second-order valence-electron chi connectivity index (χ2n) is 6.50. The lowest BCUT2D eigenvalue weighted by atomic mass is 10.0. The van der Waals surface area contributed by atoms with Crippen molar-refractivity contribution in [3.63, 3.8) is 0 Å². The van der Waals surface area contributed by atoms with Crippen molar-refractivity contribution in [2.24, 2.45) is 0 Å². The number of aryl methyl sites for hydroxylation is 1. The molecule has 1 aliphatic rings. The molecule has 0 spiro atoms. The van der Waals surface area contributed by atoms with Crippen LogP contribution in [0.1, 0.15) is 41.8 Å². The summed E-state index contributed by atoms with van der Waals surface area (Å²) in [6.45, 7) is 3.10. The molecule has 1 aliphatic heterocycles. The van der Waals surface area contributed by atoms with Crippen molar-refractivity contribution in [1.82, 2.24) is 25.1 Å². The third kappa shape index (κ3) is 4.93. The smallest absolute Gasteiger partial charge is 0.339 e. The maximum Gasteiger partial charge on any atom is 0.416 e. The SMILES string of the molecule is Cc1nnn(Cc2cc(C(F)(F)F)ccc2/C=C/C(=O)N2CCCCC2)n1. The highest BCUT2D eigenvalue weighted by atomic mass is 19.4. The maximum absolute atomic E-state index is 13.1. The Bertz CT molecular complexity index is 838. The molecule has 144 valence electrons. The van der Waals surface area contributed by atoms with Crippen LogP contribution >= 0.6 is 0 Å². The third-order valence-corrected chi connectivity index (χ3v) is 4.41. The van der Waals surface area contributed by atoms with Crippen LogP contribution in [0.5, 0.6) is 0 Å². The van der Waals surface area contributed by atoms with Gasteiger partial charge in [0.15, 0.2) is 5.82 Å². The second kappa shape index (κ2) is 7.89. The Morgan fingerprint density at radius 3 is 2.59 bits per heavy atom. The zero-order valence-corrected chi connectivity index (χ0v) is 14.9. The first-order valence-corrected chi connectivity index (χ1v) is 8.74. The number of rotatable bonds is 4. The molecule has 2 aromatic rings. The summed E-state index contributed by atoms with van der Waals surface area (Å²) in [4.78, 5) is 15.3. The molecule has 1 fully saturated rings. The maximum atomic E-state index is 13.1. The molecule has 3 rings (SSSR count). The minimum Gasteiger partial charge on any atom is -0.339 e. The van der Waals surface area contributed by atoms with Gasteiger partial charge in [-0.05, 0) is 60.7 Å². The van der Waals surface area contributed by atoms with E-state index >= 15 is 0 Å². The standard InChI is InChI=1S/C18H20F3N5O/c1-13-22-24-26(23-13)12-15-11-16(18(19,20)21)7-5-14(15)6-8-17(27)25-9-3-2-4-10-25/h5-8,11H,2-4,9-10,12H2,1H3/b8-6+. The van der Waals surface area contributed by atoms with E-state index in [0.29, 0.717) is 30.0 Å². The average molecular weight is 379 g/mol. The van der Waals surface area contributed by atoms with Gasteiger partial charge in [-0.2, -0.15) is 18.0 Å². The zero-order chi connectivity index (χ0) is 19.4. The van der Waals surface area contributed by atoms with Crippen molar-refractivity contribution < 1.29 is 18.0 Å². The molecule has 9 heteroatoms. The van der Waals surface area contributed by atoms with Crippen molar-refractivity contribution in [2.45, 2.75) is 38.9 Å². The molecule has 1 aromatic carbocycles. The van der Waals surface area contributed by atoms with Gasteiger partial charge in [0.25, 0.3) is 0 Å². The number of amides is 1. The highest BCUT2D eigenvalue weighted by molar-refractivity contribution is 5.92. The lowest BCUT2D eigenvalue weighted by Gasteiger charge is -2.25. The van der Waals surface area contributed by atoms with Gasteiger partial charge < -0.3 is 4.90 Å². The van der Waals surface area contributed by atoms with E-state index in [1.54, 1.807) is 17.9 Å². The lowest BCUT2D eigenvalue weighted by Crippen LogP contribution is -2.34. The second-order valence-corrected chi connectivity index (χ2v) is 6.50. The Kier molecular flexibility index (Phi) is 5.57. The summed E-state index contributed by atoms with van der Waals surface area (Å²) in [5.74, 6) is 0.301. The molecule has 0 aliphatic carbocycles. The van der Waals surface area contributed by atoms with E-state index < -0.39 is 11.7 Å². The van der Waals surface area contributed by atoms with Crippen molar-refractivity contribution in [3.8, 4) is 0 Å². The molecule has 0 unspecified atom stereocenters. The number of benzene rings is 1. The van der Waals surface area contributed by atoms with E-state index in [4.69, 9.17) is 0 Å². The van der Waals surface area contributed by atoms with Gasteiger partial charge in [0.2, 0.25) is 5.91 Å². The lowest BCUT2D eigenvalue weighted by molar-refractivity contribution is -0.137. The number of likely N-dealkylation sites (tertiary alicyclic amines) is 1. The molecule has 0 atom stereocenters. The minimum absolute atomic E-state index is 0.0301. The van der Waals surface area contributed by atoms with Crippen LogP contribution in [0.3, 0.4) is 0 Å². The van der Waals surface area contributed by atoms with Gasteiger partial charge in [-0.3, -0.25) is 4.79 Å². The Hall–Kier alpha value is -2.71. The minimum atomic E-state index is -4.45. The highest BCUT2D eigenvalue weighted by Crippen LogP contribution is 2.31. The Labute approximate surface area is 154 Å². The number of halogens is 3. The summed E-state index contributed by atoms with van der Waals surface area (Å²) < 4.78 is 39.2. The number of tetrazole rings is 1. The van der Waals surface area contributed by atoms with Gasteiger partial charge in [-0.25, -0.2) is 0 Å². The van der Waals surface area contributed by atoms with E-state index in [1.807, 2.05) is 0 Å². The molecule has 1 saturated heterocycles. The number of carbonyl (C=O) groups is 1. The molecule has 1 amide bonds. The molecule has 0 bridgehead atoms. The summed E-state index contributed by atoms with van der Waals surface area (Å²) >= 11 is 0. The summed E-state index contributed by atoms with van der Waals surface area (Å²) in [7, 11) is 0. The third-order valence-electron chi connectivity index (χ3n) is 4.41. The van der Waals surface area contributed by atoms with Gasteiger partial charge in [-0.1, -0.05) is 6.07 Å². The highest BCUT2D eigenvalue weighted by Gasteiger charge is 2.31. The monoisotopic (exact) mass is 379 g/mol. The van der Waals surface area contributed by atoms with E-state index in [-0.39, 0.29) is 12.5 Å². The van der Waals surface area contributed by atoms with Gasteiger partial charge in [-0.15, -0.1) is 10.2 Å². The fourth-order valence-electron chi connectivity index (χ4n) is 3.01. The molecule has 1 aromatic heterocycles. The van der Waals surface area contributed by atoms with Crippen LogP contribution < -0.4 is 0 Å². The summed E-state index contributed by atoms with van der Waals surface area (Å²) in [5, 5.41) is 11.6. The number of hydrogen-bond acceptors (Lipinski definition) is 4. The summed E-state index contributed by atoms with van der Waals surface area (Å²) in [5.41, 5.74) is 0.127. The van der Waals surface area contributed by atoms with Gasteiger partial charge in [0.1, 0.15) is 0 Å². The number of piperidine rings is 1. The number of aromatic nitrogens is 4. The predicted octanol–water partition coefficient (Wildman–Crippen LogP) is 3.07. The first kappa shape index (κ1) is 19.1. The largest absolute Gasteiger partial charge is 0.416 e. The van der Waals surface area contributed by atoms with Crippen LogP contribution in [-0.4, -0.2) is 44.1 Å². The van der Waals surface area contributed by atoms with Crippen molar-refractivity contribution in [3.05, 3.63) is 46.8 Å². The van der Waals surface area contributed by atoms with Gasteiger partial charge in [0, 0.05) is 19.2 Å². The number of carbonyl (C=O) groups excluding carboxylic acids is 1. The fraction of sp³-hybridized carbons (Fsp3) is 0.444. The van der Waals surface area contributed by atoms with Crippen molar-refractivity contribution in [1.29, 1.82) is 0 Å². The molecular formula is C18H20F3N5O. The zero-order valence-electron chi connectivity index (χ0n) is 14.9. The van der Waals surface area contributed by atoms with E-state index in [9.17, 15) is 18.0 Å². The average Bonchev–Trinajstić information content (AvgIpc) is 3.05. The Balaban J connectivity index is 1.86. The van der Waals surface area contributed by atoms with E-state index in [1.165, 1.54) is 16.9 Å². The van der Waals surface area contributed by atoms with Crippen molar-refractivity contribution in [2.75, 3.05) is 13.1 Å². The summed E-state index contributed by atoms with van der Waals surface area (Å²) in [6, 6.07) is 3.43.